The highest BCUT2D eigenvalue weighted by atomic mass is 16.5. The molecular weight excluding hydrogens is 232 g/mol. The number of cyclic esters (lactones) is 1. The van der Waals surface area contributed by atoms with E-state index >= 15 is 0 Å². The summed E-state index contributed by atoms with van der Waals surface area (Å²) < 4.78 is 4.94. The molecule has 1 fully saturated rings. The number of rotatable bonds is 8. The lowest BCUT2D eigenvalue weighted by Gasteiger charge is -2.26. The van der Waals surface area contributed by atoms with Crippen molar-refractivity contribution in [2.75, 3.05) is 6.61 Å². The third-order valence-corrected chi connectivity index (χ3v) is 3.65. The molecule has 1 aliphatic rings. The fourth-order valence-corrected chi connectivity index (χ4v) is 2.34. The monoisotopic (exact) mass is 258 g/mol. The van der Waals surface area contributed by atoms with Crippen LogP contribution < -0.4 is 0 Å². The number of hydrogen-bond donors (Lipinski definition) is 2. The molecule has 1 unspecified atom stereocenters. The van der Waals surface area contributed by atoms with Gasteiger partial charge < -0.3 is 14.9 Å². The molecule has 4 nitrogen and oxygen atoms in total. The second-order valence-corrected chi connectivity index (χ2v) is 5.28. The number of ether oxygens (including phenoxy) is 1. The predicted molar refractivity (Wildman–Crippen MR) is 69.1 cm³/mol. The molecule has 0 radical (unpaired) electrons. The number of hydrogen-bond acceptors (Lipinski definition) is 4. The maximum Gasteiger partial charge on any atom is 0.305 e. The molecule has 0 saturated carbocycles. The van der Waals surface area contributed by atoms with Crippen LogP contribution in [0.25, 0.3) is 0 Å². The largest absolute Gasteiger partial charge is 0.465 e. The van der Waals surface area contributed by atoms with E-state index in [1.165, 1.54) is 0 Å². The molecule has 1 heterocycles. The highest BCUT2D eigenvalue weighted by Gasteiger charge is 2.25. The van der Waals surface area contributed by atoms with E-state index in [0.717, 1.165) is 38.5 Å². The van der Waals surface area contributed by atoms with Gasteiger partial charge in [-0.2, -0.15) is 0 Å². The van der Waals surface area contributed by atoms with Crippen molar-refractivity contribution in [2.45, 2.75) is 70.5 Å². The van der Waals surface area contributed by atoms with Crippen molar-refractivity contribution in [3.63, 3.8) is 0 Å². The van der Waals surface area contributed by atoms with Gasteiger partial charge in [0.15, 0.2) is 0 Å². The molecule has 18 heavy (non-hydrogen) atoms. The molecule has 0 aromatic heterocycles. The van der Waals surface area contributed by atoms with E-state index in [-0.39, 0.29) is 18.0 Å². The van der Waals surface area contributed by atoms with Gasteiger partial charge in [-0.25, -0.2) is 0 Å². The first-order valence-electron chi connectivity index (χ1n) is 7.15. The van der Waals surface area contributed by atoms with Gasteiger partial charge in [0.2, 0.25) is 0 Å². The van der Waals surface area contributed by atoms with Gasteiger partial charge in [0.05, 0.1) is 18.8 Å². The Bertz CT molecular complexity index is 232. The van der Waals surface area contributed by atoms with Crippen LogP contribution in [0.2, 0.25) is 0 Å². The molecule has 0 bridgehead atoms. The lowest BCUT2D eigenvalue weighted by molar-refractivity contribution is -0.152. The molecule has 106 valence electrons. The van der Waals surface area contributed by atoms with E-state index in [0.29, 0.717) is 19.4 Å². The fourth-order valence-electron chi connectivity index (χ4n) is 2.34. The Morgan fingerprint density at radius 3 is 2.61 bits per heavy atom. The third kappa shape index (κ3) is 5.83. The van der Waals surface area contributed by atoms with E-state index < -0.39 is 6.10 Å². The number of aliphatic hydroxyl groups is 2. The summed E-state index contributed by atoms with van der Waals surface area (Å²) in [6, 6.07) is 0. The van der Waals surface area contributed by atoms with Crippen LogP contribution in [-0.4, -0.2) is 35.0 Å². The van der Waals surface area contributed by atoms with Crippen LogP contribution in [-0.2, 0) is 9.53 Å². The molecule has 0 aromatic rings. The first-order chi connectivity index (χ1) is 8.63. The van der Waals surface area contributed by atoms with Crippen LogP contribution in [0.4, 0.5) is 0 Å². The molecular formula is C14H26O4. The maximum atomic E-state index is 10.9. The van der Waals surface area contributed by atoms with Crippen LogP contribution >= 0.6 is 0 Å². The SMILES string of the molecule is CCCCC(O)CCC[C@@H](O)[C@@H]1CCC(=O)OC1. The van der Waals surface area contributed by atoms with Gasteiger partial charge in [0.25, 0.3) is 0 Å². The van der Waals surface area contributed by atoms with Gasteiger partial charge in [-0.05, 0) is 32.1 Å². The van der Waals surface area contributed by atoms with Crippen LogP contribution in [0.3, 0.4) is 0 Å². The Hall–Kier alpha value is -0.610. The zero-order valence-electron chi connectivity index (χ0n) is 11.3. The van der Waals surface area contributed by atoms with E-state index in [1.807, 2.05) is 0 Å². The van der Waals surface area contributed by atoms with Gasteiger partial charge in [0.1, 0.15) is 0 Å². The summed E-state index contributed by atoms with van der Waals surface area (Å²) >= 11 is 0. The summed E-state index contributed by atoms with van der Waals surface area (Å²) in [5, 5.41) is 19.7. The van der Waals surface area contributed by atoms with Gasteiger partial charge in [-0.15, -0.1) is 0 Å². The number of esters is 1. The van der Waals surface area contributed by atoms with E-state index in [9.17, 15) is 15.0 Å². The summed E-state index contributed by atoms with van der Waals surface area (Å²) in [5.41, 5.74) is 0. The average Bonchev–Trinajstić information content (AvgIpc) is 2.37. The van der Waals surface area contributed by atoms with Crippen LogP contribution in [0, 0.1) is 5.92 Å². The molecule has 0 aliphatic carbocycles. The normalized spacial score (nSPS) is 23.5. The first kappa shape index (κ1) is 15.4. The van der Waals surface area contributed by atoms with Crippen LogP contribution in [0.5, 0.6) is 0 Å². The second-order valence-electron chi connectivity index (χ2n) is 5.28. The van der Waals surface area contributed by atoms with Crippen molar-refractivity contribution in [3.05, 3.63) is 0 Å². The Labute approximate surface area is 109 Å². The summed E-state index contributed by atoms with van der Waals surface area (Å²) in [4.78, 5) is 10.9. The van der Waals surface area contributed by atoms with Crippen molar-refractivity contribution in [3.8, 4) is 0 Å². The minimum absolute atomic E-state index is 0.0792. The summed E-state index contributed by atoms with van der Waals surface area (Å²) in [5.74, 6) is -0.0797. The first-order valence-corrected chi connectivity index (χ1v) is 7.15. The molecule has 0 amide bonds. The van der Waals surface area contributed by atoms with Crippen LogP contribution in [0.15, 0.2) is 0 Å². The minimum atomic E-state index is -0.406. The Morgan fingerprint density at radius 1 is 1.28 bits per heavy atom. The lowest BCUT2D eigenvalue weighted by Crippen LogP contribution is -2.31. The average molecular weight is 258 g/mol. The third-order valence-electron chi connectivity index (χ3n) is 3.65. The molecule has 4 heteroatoms. The quantitative estimate of drug-likeness (QED) is 0.654. The van der Waals surface area contributed by atoms with Gasteiger partial charge >= 0.3 is 5.97 Å². The molecule has 1 saturated heterocycles. The maximum absolute atomic E-state index is 10.9. The van der Waals surface area contributed by atoms with Crippen molar-refractivity contribution >= 4 is 5.97 Å². The van der Waals surface area contributed by atoms with Gasteiger partial charge in [0, 0.05) is 12.3 Å². The number of carbonyl (C=O) groups is 1. The Balaban J connectivity index is 2.09. The predicted octanol–water partition coefficient (Wildman–Crippen LogP) is 2.02. The van der Waals surface area contributed by atoms with Gasteiger partial charge in [-0.1, -0.05) is 19.8 Å². The zero-order valence-corrected chi connectivity index (χ0v) is 11.3. The van der Waals surface area contributed by atoms with Gasteiger partial charge in [-0.3, -0.25) is 4.79 Å². The van der Waals surface area contributed by atoms with E-state index in [1.54, 1.807) is 0 Å². The topological polar surface area (TPSA) is 66.8 Å². The Morgan fingerprint density at radius 2 is 2.00 bits per heavy atom. The van der Waals surface area contributed by atoms with Crippen molar-refractivity contribution < 1.29 is 19.7 Å². The summed E-state index contributed by atoms with van der Waals surface area (Å²) in [6.45, 7) is 2.46. The highest BCUT2D eigenvalue weighted by molar-refractivity contribution is 5.69. The molecule has 1 rings (SSSR count). The fraction of sp³-hybridized carbons (Fsp3) is 0.929. The lowest BCUT2D eigenvalue weighted by atomic mass is 9.92. The van der Waals surface area contributed by atoms with E-state index in [4.69, 9.17) is 4.74 Å². The molecule has 0 spiro atoms. The standard InChI is InChI=1S/C14H26O4/c1-2-3-5-12(15)6-4-7-13(16)11-8-9-14(17)18-10-11/h11-13,15-16H,2-10H2,1H3/t11-,12?,13-/m1/s1. The Kier molecular flexibility index (Phi) is 7.28. The number of unbranched alkanes of at least 4 members (excludes halogenated alkanes) is 1. The second kappa shape index (κ2) is 8.48. The molecule has 3 atom stereocenters. The number of carbonyl (C=O) groups excluding carboxylic acids is 1. The molecule has 2 N–H and O–H groups in total. The summed E-state index contributed by atoms with van der Waals surface area (Å²) in [6.07, 6.45) is 5.78. The summed E-state index contributed by atoms with van der Waals surface area (Å²) in [7, 11) is 0. The van der Waals surface area contributed by atoms with Crippen molar-refractivity contribution in [1.29, 1.82) is 0 Å². The number of aliphatic hydroxyl groups excluding tert-OH is 2. The highest BCUT2D eigenvalue weighted by Crippen LogP contribution is 2.22. The molecule has 1 aliphatic heterocycles. The zero-order chi connectivity index (χ0) is 13.4. The van der Waals surface area contributed by atoms with Crippen LogP contribution in [0.1, 0.15) is 58.3 Å². The smallest absolute Gasteiger partial charge is 0.305 e. The minimum Gasteiger partial charge on any atom is -0.465 e. The van der Waals surface area contributed by atoms with Crippen molar-refractivity contribution in [2.24, 2.45) is 5.92 Å². The van der Waals surface area contributed by atoms with E-state index in [2.05, 4.69) is 6.92 Å². The van der Waals surface area contributed by atoms with Crippen molar-refractivity contribution in [1.82, 2.24) is 0 Å². The molecule has 0 aromatic carbocycles.